The molecule has 112 valence electrons. The second-order valence-corrected chi connectivity index (χ2v) is 6.18. The van der Waals surface area contributed by atoms with Gasteiger partial charge in [-0.05, 0) is 42.0 Å². The molecule has 2 aliphatic heterocycles. The van der Waals surface area contributed by atoms with E-state index in [1.807, 2.05) is 42.5 Å². The number of carbonyl (C=O) groups excluding carboxylic acids is 1. The van der Waals surface area contributed by atoms with Crippen molar-refractivity contribution in [2.45, 2.75) is 12.1 Å². The third kappa shape index (κ3) is 1.99. The normalized spacial score (nSPS) is 22.6. The monoisotopic (exact) mass is 360 g/mol. The van der Waals surface area contributed by atoms with Crippen LogP contribution in [0.4, 0.5) is 5.69 Å². The molecule has 22 heavy (non-hydrogen) atoms. The van der Waals surface area contributed by atoms with Crippen LogP contribution < -0.4 is 20.1 Å². The zero-order valence-electron chi connectivity index (χ0n) is 11.5. The van der Waals surface area contributed by atoms with E-state index in [0.29, 0.717) is 5.75 Å². The number of nitrogens with two attached hydrogens (primary N) is 1. The lowest BCUT2D eigenvalue weighted by atomic mass is 9.88. The van der Waals surface area contributed by atoms with Gasteiger partial charge < -0.3 is 20.1 Å². The summed E-state index contributed by atoms with van der Waals surface area (Å²) in [6.45, 7) is 0.227. The summed E-state index contributed by atoms with van der Waals surface area (Å²) in [5.74, 6) is 1.34. The van der Waals surface area contributed by atoms with Gasteiger partial charge in [0.25, 0.3) is 0 Å². The first kappa shape index (κ1) is 13.6. The minimum Gasteiger partial charge on any atom is -0.454 e. The number of β-lactam (4-membered cyclic amide) rings is 1. The molecule has 0 aliphatic carbocycles. The Hall–Kier alpha value is -2.05. The van der Waals surface area contributed by atoms with E-state index in [4.69, 9.17) is 15.2 Å². The molecular formula is C16H13BrN2O3. The van der Waals surface area contributed by atoms with Crippen LogP contribution >= 0.6 is 15.9 Å². The summed E-state index contributed by atoms with van der Waals surface area (Å²) in [6, 6.07) is 12.6. The fourth-order valence-corrected chi connectivity index (χ4v) is 3.12. The smallest absolute Gasteiger partial charge is 0.247 e. The minimum atomic E-state index is -0.538. The molecule has 2 aliphatic rings. The molecule has 0 saturated carbocycles. The summed E-state index contributed by atoms with van der Waals surface area (Å²) in [6.07, 6.45) is 0. The van der Waals surface area contributed by atoms with Crippen LogP contribution in [-0.4, -0.2) is 18.7 Å². The van der Waals surface area contributed by atoms with E-state index < -0.39 is 6.04 Å². The second kappa shape index (κ2) is 5.00. The van der Waals surface area contributed by atoms with E-state index >= 15 is 0 Å². The number of hydrogen-bond acceptors (Lipinski definition) is 4. The van der Waals surface area contributed by atoms with Gasteiger partial charge in [-0.25, -0.2) is 0 Å². The minimum absolute atomic E-state index is 0.0787. The van der Waals surface area contributed by atoms with Crippen LogP contribution in [0.25, 0.3) is 0 Å². The molecule has 1 saturated heterocycles. The van der Waals surface area contributed by atoms with Crippen LogP contribution in [0.1, 0.15) is 11.6 Å². The average molecular weight is 361 g/mol. The third-order valence-corrected chi connectivity index (χ3v) is 4.51. The molecular weight excluding hydrogens is 348 g/mol. The van der Waals surface area contributed by atoms with Crippen LogP contribution in [0.15, 0.2) is 46.9 Å². The number of anilines is 1. The fraction of sp³-hybridized carbons (Fsp3) is 0.188. The van der Waals surface area contributed by atoms with Crippen molar-refractivity contribution in [1.82, 2.24) is 0 Å². The largest absolute Gasteiger partial charge is 0.454 e. The Labute approximate surface area is 135 Å². The highest BCUT2D eigenvalue weighted by Gasteiger charge is 2.46. The molecule has 2 aromatic carbocycles. The van der Waals surface area contributed by atoms with E-state index in [1.165, 1.54) is 0 Å². The molecule has 0 aromatic heterocycles. The number of rotatable bonds is 2. The summed E-state index contributed by atoms with van der Waals surface area (Å²) in [4.78, 5) is 13.9. The van der Waals surface area contributed by atoms with E-state index in [1.54, 1.807) is 4.90 Å². The molecule has 1 fully saturated rings. The van der Waals surface area contributed by atoms with Crippen LogP contribution in [-0.2, 0) is 4.79 Å². The van der Waals surface area contributed by atoms with Gasteiger partial charge in [-0.1, -0.05) is 22.0 Å². The Morgan fingerprint density at radius 1 is 1.09 bits per heavy atom. The Balaban J connectivity index is 1.70. The lowest BCUT2D eigenvalue weighted by Gasteiger charge is -2.45. The molecule has 0 radical (unpaired) electrons. The number of nitrogens with zero attached hydrogens (tertiary/aromatic N) is 1. The summed E-state index contributed by atoms with van der Waals surface area (Å²) in [7, 11) is 0. The van der Waals surface area contributed by atoms with Crippen molar-refractivity contribution in [2.75, 3.05) is 11.7 Å². The first-order chi connectivity index (χ1) is 10.6. The standard InChI is InChI=1S/C16H13BrN2O3/c17-10-2-4-11(5-3-10)19-15(14(18)16(19)20)9-1-6-12-13(7-9)22-8-21-12/h1-7,14-15H,8,18H2/t14-,15-/m0/s1. The highest BCUT2D eigenvalue weighted by Crippen LogP contribution is 2.42. The van der Waals surface area contributed by atoms with Gasteiger partial charge in [0, 0.05) is 10.2 Å². The van der Waals surface area contributed by atoms with Crippen molar-refractivity contribution in [3.8, 4) is 11.5 Å². The van der Waals surface area contributed by atoms with Crippen molar-refractivity contribution < 1.29 is 14.3 Å². The molecule has 2 N–H and O–H groups in total. The molecule has 0 bridgehead atoms. The number of ether oxygens (including phenoxy) is 2. The average Bonchev–Trinajstić information content (AvgIpc) is 3.00. The second-order valence-electron chi connectivity index (χ2n) is 5.27. The highest BCUT2D eigenvalue weighted by molar-refractivity contribution is 9.10. The summed E-state index contributed by atoms with van der Waals surface area (Å²) in [5, 5.41) is 0. The molecule has 1 amide bonds. The number of benzene rings is 2. The highest BCUT2D eigenvalue weighted by atomic mass is 79.9. The maximum absolute atomic E-state index is 12.2. The first-order valence-corrected chi connectivity index (χ1v) is 7.68. The fourth-order valence-electron chi connectivity index (χ4n) is 2.85. The lowest BCUT2D eigenvalue weighted by molar-refractivity contribution is -0.126. The molecule has 5 nitrogen and oxygen atoms in total. The zero-order chi connectivity index (χ0) is 15.3. The van der Waals surface area contributed by atoms with Crippen LogP contribution in [0.2, 0.25) is 0 Å². The van der Waals surface area contributed by atoms with Crippen molar-refractivity contribution in [1.29, 1.82) is 0 Å². The number of halogens is 1. The maximum Gasteiger partial charge on any atom is 0.247 e. The van der Waals surface area contributed by atoms with E-state index in [9.17, 15) is 4.79 Å². The van der Waals surface area contributed by atoms with E-state index in [-0.39, 0.29) is 18.7 Å². The number of fused-ring (bicyclic) bond motifs is 1. The van der Waals surface area contributed by atoms with E-state index in [2.05, 4.69) is 15.9 Å². The molecule has 0 unspecified atom stereocenters. The predicted molar refractivity (Wildman–Crippen MR) is 84.9 cm³/mol. The molecule has 6 heteroatoms. The summed E-state index contributed by atoms with van der Waals surface area (Å²) >= 11 is 3.40. The number of amides is 1. The quantitative estimate of drug-likeness (QED) is 0.836. The molecule has 2 heterocycles. The van der Waals surface area contributed by atoms with Gasteiger partial charge in [-0.2, -0.15) is 0 Å². The van der Waals surface area contributed by atoms with Gasteiger partial charge in [-0.3, -0.25) is 4.79 Å². The van der Waals surface area contributed by atoms with Gasteiger partial charge in [0.2, 0.25) is 12.7 Å². The Bertz CT molecular complexity index is 748. The van der Waals surface area contributed by atoms with Crippen LogP contribution in [0.5, 0.6) is 11.5 Å². The number of carbonyl (C=O) groups is 1. The van der Waals surface area contributed by atoms with Gasteiger partial charge >= 0.3 is 0 Å². The van der Waals surface area contributed by atoms with Gasteiger partial charge in [-0.15, -0.1) is 0 Å². The van der Waals surface area contributed by atoms with Crippen LogP contribution in [0.3, 0.4) is 0 Å². The first-order valence-electron chi connectivity index (χ1n) is 6.89. The molecule has 0 spiro atoms. The summed E-state index contributed by atoms with van der Waals surface area (Å²) < 4.78 is 11.7. The van der Waals surface area contributed by atoms with Crippen LogP contribution in [0, 0.1) is 0 Å². The zero-order valence-corrected chi connectivity index (χ0v) is 13.1. The molecule has 4 rings (SSSR count). The number of hydrogen-bond donors (Lipinski definition) is 1. The van der Waals surface area contributed by atoms with Gasteiger partial charge in [0.15, 0.2) is 11.5 Å². The van der Waals surface area contributed by atoms with Gasteiger partial charge in [0.05, 0.1) is 6.04 Å². The molecule has 2 atom stereocenters. The van der Waals surface area contributed by atoms with Crippen molar-refractivity contribution >= 4 is 27.5 Å². The Morgan fingerprint density at radius 3 is 2.59 bits per heavy atom. The third-order valence-electron chi connectivity index (χ3n) is 3.98. The van der Waals surface area contributed by atoms with Crippen molar-refractivity contribution in [3.05, 3.63) is 52.5 Å². The lowest BCUT2D eigenvalue weighted by Crippen LogP contribution is -2.63. The van der Waals surface area contributed by atoms with Crippen molar-refractivity contribution in [3.63, 3.8) is 0 Å². The summed E-state index contributed by atoms with van der Waals surface area (Å²) in [5.41, 5.74) is 7.80. The predicted octanol–water partition coefficient (Wildman–Crippen LogP) is 2.59. The molecule has 2 aromatic rings. The topological polar surface area (TPSA) is 64.8 Å². The van der Waals surface area contributed by atoms with Gasteiger partial charge in [0.1, 0.15) is 6.04 Å². The van der Waals surface area contributed by atoms with Crippen molar-refractivity contribution in [2.24, 2.45) is 5.73 Å². The SMILES string of the molecule is N[C@@H]1C(=O)N(c2ccc(Br)cc2)[C@H]1c1ccc2c(c1)OCO2. The van der Waals surface area contributed by atoms with E-state index in [0.717, 1.165) is 21.5 Å². The maximum atomic E-state index is 12.2. The Kier molecular flexibility index (Phi) is 3.09. The Morgan fingerprint density at radius 2 is 1.82 bits per heavy atom.